The van der Waals surface area contributed by atoms with Gasteiger partial charge in [-0.3, -0.25) is 0 Å². The quantitative estimate of drug-likeness (QED) is 0.628. The molecule has 1 aromatic heterocycles. The van der Waals surface area contributed by atoms with Gasteiger partial charge in [0.15, 0.2) is 0 Å². The van der Waals surface area contributed by atoms with E-state index in [1.165, 1.54) is 0 Å². The van der Waals surface area contributed by atoms with E-state index in [1.807, 2.05) is 18.4 Å². The van der Waals surface area contributed by atoms with E-state index in [-0.39, 0.29) is 12.6 Å². The molecule has 0 spiro atoms. The summed E-state index contributed by atoms with van der Waals surface area (Å²) in [5.74, 6) is 0. The Hall–Kier alpha value is -0.910. The first-order valence-corrected chi connectivity index (χ1v) is 4.64. The maximum Gasteiger partial charge on any atom is 0.113 e. The molecule has 1 rings (SSSR count). The monoisotopic (exact) mass is 199 g/mol. The summed E-state index contributed by atoms with van der Waals surface area (Å²) in [6.07, 6.45) is 2.35. The van der Waals surface area contributed by atoms with Crippen LogP contribution in [0.4, 0.5) is 0 Å². The lowest BCUT2D eigenvalue weighted by molar-refractivity contribution is 0.102. The zero-order valence-corrected chi connectivity index (χ0v) is 8.46. The predicted molar refractivity (Wildman–Crippen MR) is 52.6 cm³/mol. The molecule has 0 aromatic carbocycles. The summed E-state index contributed by atoms with van der Waals surface area (Å²) in [5.41, 5.74) is 6.18. The number of imidazole rings is 1. The third kappa shape index (κ3) is 2.12. The van der Waals surface area contributed by atoms with Crippen LogP contribution in [0.25, 0.3) is 0 Å². The van der Waals surface area contributed by atoms with E-state index in [0.717, 1.165) is 0 Å². The Labute approximate surface area is 83.2 Å². The molecular formula is C9H17N3O2. The van der Waals surface area contributed by atoms with Gasteiger partial charge in [0.25, 0.3) is 0 Å². The second-order valence-electron chi connectivity index (χ2n) is 3.61. The molecule has 14 heavy (non-hydrogen) atoms. The summed E-state index contributed by atoms with van der Waals surface area (Å²) in [4.78, 5) is 3.95. The molecule has 4 N–H and O–H groups in total. The molecule has 0 aliphatic heterocycles. The normalized spacial score (nSPS) is 15.9. The Balaban J connectivity index is 2.89. The molecule has 1 aromatic rings. The van der Waals surface area contributed by atoms with E-state index in [0.29, 0.717) is 5.69 Å². The SMILES string of the molecule is CC(C)n1cncc1C(O)C(N)CO. The number of aliphatic hydroxyl groups is 2. The first-order chi connectivity index (χ1) is 6.57. The van der Waals surface area contributed by atoms with Crippen LogP contribution in [0, 0.1) is 0 Å². The van der Waals surface area contributed by atoms with Crippen molar-refractivity contribution in [3.8, 4) is 0 Å². The summed E-state index contributed by atoms with van der Waals surface area (Å²) in [5, 5.41) is 18.6. The van der Waals surface area contributed by atoms with Crippen molar-refractivity contribution in [2.24, 2.45) is 5.73 Å². The first-order valence-electron chi connectivity index (χ1n) is 4.64. The standard InChI is InChI=1S/C9H17N3O2/c1-6(2)12-5-11-3-8(12)9(14)7(10)4-13/h3,5-7,9,13-14H,4,10H2,1-2H3. The number of nitrogens with two attached hydrogens (primary N) is 1. The number of rotatable bonds is 4. The lowest BCUT2D eigenvalue weighted by Gasteiger charge is -2.20. The summed E-state index contributed by atoms with van der Waals surface area (Å²) in [7, 11) is 0. The van der Waals surface area contributed by atoms with Crippen molar-refractivity contribution in [2.45, 2.75) is 32.0 Å². The highest BCUT2D eigenvalue weighted by Crippen LogP contribution is 2.18. The lowest BCUT2D eigenvalue weighted by Crippen LogP contribution is -2.33. The van der Waals surface area contributed by atoms with Gasteiger partial charge in [0, 0.05) is 6.04 Å². The predicted octanol–water partition coefficient (Wildman–Crippen LogP) is -0.183. The van der Waals surface area contributed by atoms with Crippen LogP contribution < -0.4 is 5.73 Å². The number of nitrogens with zero attached hydrogens (tertiary/aromatic N) is 2. The molecule has 2 atom stereocenters. The molecule has 2 unspecified atom stereocenters. The number of aliphatic hydroxyl groups excluding tert-OH is 2. The fourth-order valence-electron chi connectivity index (χ4n) is 1.29. The van der Waals surface area contributed by atoms with E-state index in [9.17, 15) is 5.11 Å². The topological polar surface area (TPSA) is 84.3 Å². The minimum atomic E-state index is -0.870. The molecule has 0 fully saturated rings. The molecular weight excluding hydrogens is 182 g/mol. The van der Waals surface area contributed by atoms with Crippen LogP contribution in [0.15, 0.2) is 12.5 Å². The molecule has 0 aliphatic carbocycles. The fourth-order valence-corrected chi connectivity index (χ4v) is 1.29. The van der Waals surface area contributed by atoms with E-state index < -0.39 is 12.1 Å². The highest BCUT2D eigenvalue weighted by Gasteiger charge is 2.20. The van der Waals surface area contributed by atoms with Gasteiger partial charge in [-0.15, -0.1) is 0 Å². The maximum atomic E-state index is 9.76. The van der Waals surface area contributed by atoms with Gasteiger partial charge in [0.2, 0.25) is 0 Å². The van der Waals surface area contributed by atoms with Gasteiger partial charge in [-0.25, -0.2) is 4.98 Å². The fraction of sp³-hybridized carbons (Fsp3) is 0.667. The van der Waals surface area contributed by atoms with Crippen LogP contribution in [0.2, 0.25) is 0 Å². The van der Waals surface area contributed by atoms with Crippen molar-refractivity contribution in [1.29, 1.82) is 0 Å². The average Bonchev–Trinajstić information content (AvgIpc) is 2.63. The van der Waals surface area contributed by atoms with Crippen molar-refractivity contribution >= 4 is 0 Å². The van der Waals surface area contributed by atoms with E-state index in [4.69, 9.17) is 10.8 Å². The second-order valence-corrected chi connectivity index (χ2v) is 3.61. The maximum absolute atomic E-state index is 9.76. The zero-order chi connectivity index (χ0) is 10.7. The van der Waals surface area contributed by atoms with Gasteiger partial charge in [-0.1, -0.05) is 0 Å². The van der Waals surface area contributed by atoms with Crippen LogP contribution in [0.3, 0.4) is 0 Å². The van der Waals surface area contributed by atoms with Crippen LogP contribution in [-0.2, 0) is 0 Å². The van der Waals surface area contributed by atoms with Gasteiger partial charge >= 0.3 is 0 Å². The largest absolute Gasteiger partial charge is 0.395 e. The van der Waals surface area contributed by atoms with Crippen molar-refractivity contribution in [3.05, 3.63) is 18.2 Å². The molecule has 5 heteroatoms. The second kappa shape index (κ2) is 4.54. The molecule has 0 aliphatic rings. The minimum Gasteiger partial charge on any atom is -0.395 e. The van der Waals surface area contributed by atoms with Crippen LogP contribution >= 0.6 is 0 Å². The van der Waals surface area contributed by atoms with Gasteiger partial charge in [0.05, 0.1) is 30.9 Å². The third-order valence-electron chi connectivity index (χ3n) is 2.17. The molecule has 0 amide bonds. The number of aromatic nitrogens is 2. The molecule has 0 bridgehead atoms. The Morgan fingerprint density at radius 2 is 2.21 bits per heavy atom. The van der Waals surface area contributed by atoms with Crippen molar-refractivity contribution < 1.29 is 10.2 Å². The Morgan fingerprint density at radius 3 is 2.71 bits per heavy atom. The molecule has 1 heterocycles. The minimum absolute atomic E-state index is 0.216. The zero-order valence-electron chi connectivity index (χ0n) is 8.46. The Morgan fingerprint density at radius 1 is 1.57 bits per heavy atom. The number of hydrogen-bond acceptors (Lipinski definition) is 4. The van der Waals surface area contributed by atoms with Crippen molar-refractivity contribution in [3.63, 3.8) is 0 Å². The molecule has 0 saturated heterocycles. The summed E-state index contributed by atoms with van der Waals surface area (Å²) in [6, 6.07) is -0.447. The molecule has 0 radical (unpaired) electrons. The Kier molecular flexibility index (Phi) is 3.62. The van der Waals surface area contributed by atoms with Gasteiger partial charge in [0.1, 0.15) is 6.10 Å². The molecule has 80 valence electrons. The summed E-state index contributed by atoms with van der Waals surface area (Å²) in [6.45, 7) is 3.73. The van der Waals surface area contributed by atoms with Gasteiger partial charge in [-0.2, -0.15) is 0 Å². The summed E-state index contributed by atoms with van der Waals surface area (Å²) >= 11 is 0. The van der Waals surface area contributed by atoms with Crippen LogP contribution in [-0.4, -0.2) is 32.4 Å². The first kappa shape index (κ1) is 11.2. The van der Waals surface area contributed by atoms with Crippen LogP contribution in [0.1, 0.15) is 31.7 Å². The highest BCUT2D eigenvalue weighted by atomic mass is 16.3. The third-order valence-corrected chi connectivity index (χ3v) is 2.17. The van der Waals surface area contributed by atoms with E-state index in [1.54, 1.807) is 12.5 Å². The van der Waals surface area contributed by atoms with Crippen molar-refractivity contribution in [2.75, 3.05) is 6.61 Å². The average molecular weight is 199 g/mol. The molecule has 5 nitrogen and oxygen atoms in total. The molecule has 0 saturated carbocycles. The van der Waals surface area contributed by atoms with E-state index >= 15 is 0 Å². The summed E-state index contributed by atoms with van der Waals surface area (Å²) < 4.78 is 1.83. The Bertz CT molecular complexity index is 285. The highest BCUT2D eigenvalue weighted by molar-refractivity contribution is 5.06. The van der Waals surface area contributed by atoms with Crippen LogP contribution in [0.5, 0.6) is 0 Å². The number of hydrogen-bond donors (Lipinski definition) is 3. The smallest absolute Gasteiger partial charge is 0.113 e. The lowest BCUT2D eigenvalue weighted by atomic mass is 10.1. The van der Waals surface area contributed by atoms with Gasteiger partial charge < -0.3 is 20.5 Å². The van der Waals surface area contributed by atoms with Crippen molar-refractivity contribution in [1.82, 2.24) is 9.55 Å². The van der Waals surface area contributed by atoms with Gasteiger partial charge in [-0.05, 0) is 13.8 Å². The van der Waals surface area contributed by atoms with E-state index in [2.05, 4.69) is 4.98 Å².